The summed E-state index contributed by atoms with van der Waals surface area (Å²) in [6, 6.07) is 17.2. The van der Waals surface area contributed by atoms with E-state index in [9.17, 15) is 0 Å². The van der Waals surface area contributed by atoms with Gasteiger partial charge < -0.3 is 4.57 Å². The Labute approximate surface area is 185 Å². The molecule has 5 nitrogen and oxygen atoms in total. The van der Waals surface area contributed by atoms with E-state index in [2.05, 4.69) is 60.4 Å². The van der Waals surface area contributed by atoms with Gasteiger partial charge in [0.25, 0.3) is 0 Å². The highest BCUT2D eigenvalue weighted by atomic mass is 32.1. The van der Waals surface area contributed by atoms with Crippen LogP contribution in [0.3, 0.4) is 0 Å². The number of thiazole rings is 1. The number of aromatic nitrogens is 4. The summed E-state index contributed by atoms with van der Waals surface area (Å²) in [5.74, 6) is 0.911. The Balaban J connectivity index is 1.45. The van der Waals surface area contributed by atoms with E-state index in [4.69, 9.17) is 22.3 Å². The molecule has 30 heavy (non-hydrogen) atoms. The van der Waals surface area contributed by atoms with Crippen molar-refractivity contribution in [3.05, 3.63) is 63.9 Å². The van der Waals surface area contributed by atoms with E-state index in [-0.39, 0.29) is 0 Å². The Morgan fingerprint density at radius 1 is 1.10 bits per heavy atom. The molecule has 0 N–H and O–H groups in total. The Bertz CT molecular complexity index is 1200. The van der Waals surface area contributed by atoms with Gasteiger partial charge in [0, 0.05) is 19.2 Å². The molecular weight excluding hydrogens is 410 g/mol. The fraction of sp³-hybridized carbons (Fsp3) is 0.348. The van der Waals surface area contributed by atoms with Crippen LogP contribution in [0.25, 0.3) is 21.6 Å². The summed E-state index contributed by atoms with van der Waals surface area (Å²) < 4.78 is 5.99. The van der Waals surface area contributed by atoms with Crippen LogP contribution in [-0.2, 0) is 13.7 Å². The average molecular weight is 436 g/mol. The lowest BCUT2D eigenvalue weighted by Crippen LogP contribution is -2.35. The van der Waals surface area contributed by atoms with Crippen LogP contribution < -0.4 is 0 Å². The van der Waals surface area contributed by atoms with E-state index in [1.54, 1.807) is 0 Å². The zero-order chi connectivity index (χ0) is 20.7. The van der Waals surface area contributed by atoms with Crippen LogP contribution in [0.4, 0.5) is 0 Å². The molecule has 5 rings (SSSR count). The standard InChI is InChI=1S/C23H25N5S2/c1-16-10-12-17(13-11-16)21-25-28(23(29)26(21)2)15-27-14-6-5-8-19(27)22-24-18-7-3-4-9-20(18)30-22/h3-4,7,9-13,19H,5-6,8,14-15H2,1-2H3. The van der Waals surface area contributed by atoms with Gasteiger partial charge in [0.1, 0.15) is 5.01 Å². The number of likely N-dealkylation sites (tertiary alicyclic amines) is 1. The highest BCUT2D eigenvalue weighted by molar-refractivity contribution is 7.71. The molecule has 1 atom stereocenters. The van der Waals surface area contributed by atoms with Gasteiger partial charge in [0.05, 0.1) is 22.9 Å². The van der Waals surface area contributed by atoms with Gasteiger partial charge in [-0.1, -0.05) is 48.4 Å². The largest absolute Gasteiger partial charge is 0.303 e. The lowest BCUT2D eigenvalue weighted by atomic mass is 10.0. The second-order valence-corrected chi connectivity index (χ2v) is 9.44. The van der Waals surface area contributed by atoms with Gasteiger partial charge in [0.15, 0.2) is 10.6 Å². The van der Waals surface area contributed by atoms with Crippen LogP contribution in [0, 0.1) is 11.7 Å². The highest BCUT2D eigenvalue weighted by Crippen LogP contribution is 2.36. The summed E-state index contributed by atoms with van der Waals surface area (Å²) in [6.07, 6.45) is 3.57. The first kappa shape index (κ1) is 19.6. The number of hydrogen-bond donors (Lipinski definition) is 0. The minimum Gasteiger partial charge on any atom is -0.303 e. The zero-order valence-corrected chi connectivity index (χ0v) is 18.9. The zero-order valence-electron chi connectivity index (χ0n) is 17.3. The summed E-state index contributed by atoms with van der Waals surface area (Å²) in [4.78, 5) is 7.43. The van der Waals surface area contributed by atoms with Crippen molar-refractivity contribution >= 4 is 33.8 Å². The molecule has 1 fully saturated rings. The third-order valence-corrected chi connectivity index (χ3v) is 7.50. The summed E-state index contributed by atoms with van der Waals surface area (Å²) in [7, 11) is 2.00. The molecule has 2 aromatic carbocycles. The van der Waals surface area contributed by atoms with E-state index in [0.29, 0.717) is 12.7 Å². The van der Waals surface area contributed by atoms with Gasteiger partial charge >= 0.3 is 0 Å². The maximum Gasteiger partial charge on any atom is 0.199 e. The number of piperidine rings is 1. The van der Waals surface area contributed by atoms with Crippen LogP contribution in [0.5, 0.6) is 0 Å². The molecule has 0 aliphatic carbocycles. The Hall–Kier alpha value is -2.35. The van der Waals surface area contributed by atoms with Crippen molar-refractivity contribution in [2.24, 2.45) is 7.05 Å². The molecule has 0 radical (unpaired) electrons. The summed E-state index contributed by atoms with van der Waals surface area (Å²) >= 11 is 7.56. The van der Waals surface area contributed by atoms with E-state index in [1.807, 2.05) is 27.6 Å². The summed E-state index contributed by atoms with van der Waals surface area (Å²) in [5, 5.41) is 6.10. The SMILES string of the molecule is Cc1ccc(-c2nn(CN3CCCCC3c3nc4ccccc4s3)c(=S)n2C)cc1. The minimum atomic E-state index is 0.322. The van der Waals surface area contributed by atoms with Gasteiger partial charge in [-0.15, -0.1) is 11.3 Å². The van der Waals surface area contributed by atoms with Gasteiger partial charge in [-0.25, -0.2) is 9.67 Å². The third-order valence-electron chi connectivity index (χ3n) is 5.88. The molecule has 0 saturated carbocycles. The molecule has 154 valence electrons. The Morgan fingerprint density at radius 3 is 2.70 bits per heavy atom. The fourth-order valence-electron chi connectivity index (χ4n) is 4.18. The normalized spacial score (nSPS) is 17.6. The molecule has 0 amide bonds. The minimum absolute atomic E-state index is 0.322. The number of rotatable bonds is 4. The van der Waals surface area contributed by atoms with E-state index >= 15 is 0 Å². The molecule has 1 aliphatic rings. The van der Waals surface area contributed by atoms with Crippen molar-refractivity contribution in [3.63, 3.8) is 0 Å². The number of para-hydroxylation sites is 1. The maximum atomic E-state index is 5.74. The molecule has 1 unspecified atom stereocenters. The molecule has 0 spiro atoms. The number of nitrogens with zero attached hydrogens (tertiary/aromatic N) is 5. The molecule has 7 heteroatoms. The molecule has 4 aromatic rings. The Kier molecular flexibility index (Phi) is 5.26. The third kappa shape index (κ3) is 3.62. The maximum absolute atomic E-state index is 5.74. The topological polar surface area (TPSA) is 38.9 Å². The number of benzene rings is 2. The molecule has 1 saturated heterocycles. The molecule has 1 aliphatic heterocycles. The van der Waals surface area contributed by atoms with E-state index in [0.717, 1.165) is 34.6 Å². The number of fused-ring (bicyclic) bond motifs is 1. The van der Waals surface area contributed by atoms with Crippen LogP contribution in [-0.4, -0.2) is 30.8 Å². The quantitative estimate of drug-likeness (QED) is 0.384. The fourth-order valence-corrected chi connectivity index (χ4v) is 5.50. The van der Waals surface area contributed by atoms with Crippen molar-refractivity contribution in [2.75, 3.05) is 6.54 Å². The average Bonchev–Trinajstić information content (AvgIpc) is 3.31. The second-order valence-electron chi connectivity index (χ2n) is 8.02. The summed E-state index contributed by atoms with van der Waals surface area (Å²) in [5.41, 5.74) is 3.43. The smallest absolute Gasteiger partial charge is 0.199 e. The molecular formula is C23H25N5S2. The van der Waals surface area contributed by atoms with Crippen molar-refractivity contribution in [2.45, 2.75) is 38.9 Å². The van der Waals surface area contributed by atoms with Gasteiger partial charge in [-0.3, -0.25) is 4.90 Å². The first-order chi connectivity index (χ1) is 14.6. The monoisotopic (exact) mass is 435 g/mol. The lowest BCUT2D eigenvalue weighted by Gasteiger charge is -2.34. The van der Waals surface area contributed by atoms with Crippen molar-refractivity contribution in [1.29, 1.82) is 0 Å². The Morgan fingerprint density at radius 2 is 1.90 bits per heavy atom. The predicted octanol–water partition coefficient (Wildman–Crippen LogP) is 5.72. The molecule has 2 aromatic heterocycles. The lowest BCUT2D eigenvalue weighted by molar-refractivity contribution is 0.103. The second kappa shape index (κ2) is 8.06. The van der Waals surface area contributed by atoms with Crippen LogP contribution in [0.15, 0.2) is 48.5 Å². The van der Waals surface area contributed by atoms with Crippen LogP contribution in [0.2, 0.25) is 0 Å². The van der Waals surface area contributed by atoms with Crippen LogP contribution >= 0.6 is 23.6 Å². The number of aryl methyl sites for hydroxylation is 1. The van der Waals surface area contributed by atoms with Crippen molar-refractivity contribution < 1.29 is 0 Å². The van der Waals surface area contributed by atoms with Gasteiger partial charge in [0.2, 0.25) is 0 Å². The van der Waals surface area contributed by atoms with Gasteiger partial charge in [-0.05, 0) is 44.1 Å². The van der Waals surface area contributed by atoms with Crippen LogP contribution in [0.1, 0.15) is 35.9 Å². The van der Waals surface area contributed by atoms with Crippen molar-refractivity contribution in [1.82, 2.24) is 24.2 Å². The molecule has 3 heterocycles. The van der Waals surface area contributed by atoms with E-state index in [1.165, 1.54) is 28.1 Å². The number of hydrogen-bond acceptors (Lipinski definition) is 5. The first-order valence-electron chi connectivity index (χ1n) is 10.4. The predicted molar refractivity (Wildman–Crippen MR) is 125 cm³/mol. The first-order valence-corrected chi connectivity index (χ1v) is 11.6. The summed E-state index contributed by atoms with van der Waals surface area (Å²) in [6.45, 7) is 3.83. The van der Waals surface area contributed by atoms with E-state index < -0.39 is 0 Å². The molecule has 0 bridgehead atoms. The van der Waals surface area contributed by atoms with Gasteiger partial charge in [-0.2, -0.15) is 5.10 Å². The van der Waals surface area contributed by atoms with Crippen molar-refractivity contribution in [3.8, 4) is 11.4 Å². The highest BCUT2D eigenvalue weighted by Gasteiger charge is 2.27.